The Hall–Kier alpha value is -4.41. The molecular weight excluding hydrogens is 496 g/mol. The Kier molecular flexibility index (Phi) is 4.52. The third kappa shape index (κ3) is 3.01. The highest BCUT2D eigenvalue weighted by atomic mass is 32.2. The van der Waals surface area contributed by atoms with Crippen LogP contribution in [0.15, 0.2) is 125 Å². The van der Waals surface area contributed by atoms with Gasteiger partial charge in [-0.15, -0.1) is 0 Å². The average molecular weight is 523 g/mol. The highest BCUT2D eigenvalue weighted by Crippen LogP contribution is 2.51. The van der Waals surface area contributed by atoms with Crippen molar-refractivity contribution in [2.24, 2.45) is 4.36 Å². The topological polar surface area (TPSA) is 34.4 Å². The van der Waals surface area contributed by atoms with Gasteiger partial charge in [0.1, 0.15) is 14.8 Å². The van der Waals surface area contributed by atoms with Crippen molar-refractivity contribution >= 4 is 48.3 Å². The molecule has 8 rings (SSSR count). The van der Waals surface area contributed by atoms with E-state index in [1.165, 1.54) is 22.3 Å². The molecule has 1 aliphatic heterocycles. The number of fused-ring (bicyclic) bond motifs is 7. The number of aromatic nitrogens is 1. The predicted molar refractivity (Wildman–Crippen MR) is 163 cm³/mol. The summed E-state index contributed by atoms with van der Waals surface area (Å²) in [7, 11) is -2.98. The van der Waals surface area contributed by atoms with Crippen molar-refractivity contribution < 1.29 is 4.21 Å². The van der Waals surface area contributed by atoms with Crippen LogP contribution in [0.25, 0.3) is 44.0 Å². The normalized spacial score (nSPS) is 18.8. The van der Waals surface area contributed by atoms with Crippen molar-refractivity contribution in [1.82, 2.24) is 4.57 Å². The minimum atomic E-state index is -2.98. The molecule has 0 bridgehead atoms. The summed E-state index contributed by atoms with van der Waals surface area (Å²) in [5, 5.41) is 3.00. The van der Waals surface area contributed by atoms with E-state index < -0.39 is 9.73 Å². The summed E-state index contributed by atoms with van der Waals surface area (Å²) in [6, 6.07) is 39.5. The van der Waals surface area contributed by atoms with E-state index in [1.54, 1.807) is 0 Å². The summed E-state index contributed by atoms with van der Waals surface area (Å²) in [4.78, 5) is 0.713. The van der Waals surface area contributed by atoms with Gasteiger partial charge in [-0.25, -0.2) is 4.21 Å². The highest BCUT2D eigenvalue weighted by molar-refractivity contribution is 8.02. The molecule has 1 atom stereocenters. The van der Waals surface area contributed by atoms with Crippen LogP contribution in [0.3, 0.4) is 0 Å². The maximum Gasteiger partial charge on any atom is 0.126 e. The first-order valence-corrected chi connectivity index (χ1v) is 14.8. The first-order valence-electron chi connectivity index (χ1n) is 13.3. The molecule has 2 heterocycles. The molecule has 0 saturated carbocycles. The van der Waals surface area contributed by atoms with E-state index in [2.05, 4.69) is 85.2 Å². The molecule has 0 radical (unpaired) electrons. The van der Waals surface area contributed by atoms with Gasteiger partial charge in [-0.05, 0) is 64.7 Å². The van der Waals surface area contributed by atoms with Gasteiger partial charge in [0.2, 0.25) is 0 Å². The van der Waals surface area contributed by atoms with Gasteiger partial charge < -0.3 is 4.57 Å². The minimum Gasteiger partial charge on any atom is -0.301 e. The Morgan fingerprint density at radius 3 is 2.26 bits per heavy atom. The number of hydrogen-bond acceptors (Lipinski definition) is 2. The van der Waals surface area contributed by atoms with Crippen LogP contribution >= 0.6 is 0 Å². The van der Waals surface area contributed by atoms with Crippen LogP contribution in [-0.4, -0.2) is 8.78 Å². The predicted octanol–water partition coefficient (Wildman–Crippen LogP) is 9.23. The lowest BCUT2D eigenvalue weighted by Crippen LogP contribution is -2.15. The largest absolute Gasteiger partial charge is 0.301 e. The quantitative estimate of drug-likeness (QED) is 0.223. The number of nitrogens with zero attached hydrogens (tertiary/aromatic N) is 2. The first kappa shape index (κ1) is 22.6. The van der Waals surface area contributed by atoms with E-state index >= 15 is 4.21 Å². The van der Waals surface area contributed by atoms with Gasteiger partial charge in [-0.3, -0.25) is 0 Å². The molecular formula is C35H26N2OS. The smallest absolute Gasteiger partial charge is 0.126 e. The summed E-state index contributed by atoms with van der Waals surface area (Å²) >= 11 is 0. The molecule has 1 unspecified atom stereocenters. The van der Waals surface area contributed by atoms with Crippen LogP contribution in [0.5, 0.6) is 0 Å². The monoisotopic (exact) mass is 522 g/mol. The Morgan fingerprint density at radius 1 is 0.667 bits per heavy atom. The molecule has 3 nitrogen and oxygen atoms in total. The van der Waals surface area contributed by atoms with Gasteiger partial charge in [-0.1, -0.05) is 92.7 Å². The summed E-state index contributed by atoms with van der Waals surface area (Å²) in [6.07, 6.45) is 2.08. The lowest BCUT2D eigenvalue weighted by molar-refractivity contribution is 0.661. The zero-order valence-corrected chi connectivity index (χ0v) is 22.6. The lowest BCUT2D eigenvalue weighted by Gasteiger charge is -2.23. The molecule has 1 aromatic heterocycles. The summed E-state index contributed by atoms with van der Waals surface area (Å²) < 4.78 is 22.3. The summed E-state index contributed by atoms with van der Waals surface area (Å²) in [5.41, 5.74) is 8.90. The van der Waals surface area contributed by atoms with E-state index in [0.717, 1.165) is 33.1 Å². The Morgan fingerprint density at radius 2 is 1.38 bits per heavy atom. The Balaban J connectivity index is 1.52. The second-order valence-electron chi connectivity index (χ2n) is 10.9. The van der Waals surface area contributed by atoms with Crippen LogP contribution in [0.4, 0.5) is 5.69 Å². The van der Waals surface area contributed by atoms with Crippen LogP contribution in [-0.2, 0) is 15.1 Å². The molecule has 5 aromatic carbocycles. The third-order valence-corrected chi connectivity index (χ3v) is 10.6. The summed E-state index contributed by atoms with van der Waals surface area (Å²) in [5.74, 6) is 0. The van der Waals surface area contributed by atoms with E-state index in [9.17, 15) is 0 Å². The Labute approximate surface area is 228 Å². The van der Waals surface area contributed by atoms with Gasteiger partial charge in [0, 0.05) is 21.8 Å². The third-order valence-electron chi connectivity index (χ3n) is 8.38. The van der Waals surface area contributed by atoms with Crippen molar-refractivity contribution in [3.63, 3.8) is 0 Å². The molecule has 1 aliphatic carbocycles. The molecule has 0 spiro atoms. The van der Waals surface area contributed by atoms with Crippen molar-refractivity contribution in [3.05, 3.63) is 132 Å². The van der Waals surface area contributed by atoms with Crippen molar-refractivity contribution in [2.75, 3.05) is 0 Å². The summed E-state index contributed by atoms with van der Waals surface area (Å²) in [6.45, 7) is 4.60. The lowest BCUT2D eigenvalue weighted by atomic mass is 9.82. The van der Waals surface area contributed by atoms with Gasteiger partial charge in [0.25, 0.3) is 0 Å². The van der Waals surface area contributed by atoms with Gasteiger partial charge in [0.05, 0.1) is 21.6 Å². The fraction of sp³-hybridized carbons (Fsp3) is 0.0857. The molecule has 2 aliphatic rings. The van der Waals surface area contributed by atoms with Crippen molar-refractivity contribution in [2.45, 2.75) is 24.2 Å². The van der Waals surface area contributed by atoms with E-state index in [-0.39, 0.29) is 5.41 Å². The van der Waals surface area contributed by atoms with Crippen LogP contribution < -0.4 is 0 Å². The minimum absolute atomic E-state index is 0.139. The molecule has 0 amide bonds. The van der Waals surface area contributed by atoms with E-state index in [1.807, 2.05) is 54.6 Å². The maximum absolute atomic E-state index is 15.2. The molecule has 39 heavy (non-hydrogen) atoms. The zero-order chi connectivity index (χ0) is 26.4. The molecule has 6 aromatic rings. The fourth-order valence-corrected chi connectivity index (χ4v) is 8.60. The molecule has 0 N–H and O–H groups in total. The van der Waals surface area contributed by atoms with Crippen LogP contribution in [0, 0.1) is 0 Å². The first-order chi connectivity index (χ1) is 19.0. The zero-order valence-electron chi connectivity index (χ0n) is 21.8. The number of hydrogen-bond donors (Lipinski definition) is 0. The van der Waals surface area contributed by atoms with Crippen molar-refractivity contribution in [3.8, 4) is 11.1 Å². The van der Waals surface area contributed by atoms with Gasteiger partial charge in [0.15, 0.2) is 0 Å². The second kappa shape index (κ2) is 7.81. The number of para-hydroxylation sites is 1. The molecule has 0 saturated heterocycles. The average Bonchev–Trinajstić information content (AvgIpc) is 3.41. The molecule has 0 fully saturated rings. The maximum atomic E-state index is 15.2. The standard InChI is InChI=1S/C35H26N2OS/c1-35(2)29-17-9-7-15-25(29)27-21-28-26-16-8-11-19-32(26)37(33(28)22-30(27)35)34-20-23-12-6-10-18-31(23)36-39(34,38)24-13-4-3-5-14-24/h3-22H,1-2H3. The fourth-order valence-electron chi connectivity index (χ4n) is 6.46. The van der Waals surface area contributed by atoms with Crippen LogP contribution in [0.1, 0.15) is 30.5 Å². The second-order valence-corrected chi connectivity index (χ2v) is 13.0. The molecule has 188 valence electrons. The van der Waals surface area contributed by atoms with Gasteiger partial charge >= 0.3 is 0 Å². The van der Waals surface area contributed by atoms with E-state index in [4.69, 9.17) is 4.36 Å². The van der Waals surface area contributed by atoms with Gasteiger partial charge in [-0.2, -0.15) is 4.36 Å². The number of benzene rings is 5. The molecule has 4 heteroatoms. The highest BCUT2D eigenvalue weighted by Gasteiger charge is 2.37. The number of rotatable bonds is 2. The Bertz CT molecular complexity index is 2140. The van der Waals surface area contributed by atoms with Crippen LogP contribution in [0.2, 0.25) is 0 Å². The van der Waals surface area contributed by atoms with Crippen molar-refractivity contribution in [1.29, 1.82) is 0 Å². The SMILES string of the molecule is CC1(C)c2ccccc2-c2cc3c4ccccc4n(C4=Cc5ccccc5N=S4(=O)c4ccccc4)c3cc21. The van der Waals surface area contributed by atoms with E-state index in [0.29, 0.717) is 9.92 Å².